The van der Waals surface area contributed by atoms with Crippen LogP contribution in [-0.4, -0.2) is 28.8 Å². The van der Waals surface area contributed by atoms with Crippen molar-refractivity contribution in [1.82, 2.24) is 20.4 Å². The summed E-state index contributed by atoms with van der Waals surface area (Å²) in [7, 11) is 0. The Hall–Kier alpha value is -1.99. The zero-order valence-electron chi connectivity index (χ0n) is 13.0. The number of halogens is 3. The summed E-state index contributed by atoms with van der Waals surface area (Å²) in [6, 6.07) is 5.11. The number of carbonyl (C=O) groups is 1. The van der Waals surface area contributed by atoms with E-state index >= 15 is 0 Å². The van der Waals surface area contributed by atoms with Gasteiger partial charge in [0, 0.05) is 30.6 Å². The van der Waals surface area contributed by atoms with Crippen LogP contribution in [0.1, 0.15) is 18.4 Å². The number of carbonyl (C=O) groups excluding carboxylic acids is 1. The van der Waals surface area contributed by atoms with Crippen LogP contribution in [0.5, 0.6) is 0 Å². The molecule has 5 nitrogen and oxygen atoms in total. The molecule has 0 bridgehead atoms. The van der Waals surface area contributed by atoms with Gasteiger partial charge in [0.1, 0.15) is 17.2 Å². The molecule has 1 saturated heterocycles. The molecule has 0 saturated carbocycles. The van der Waals surface area contributed by atoms with Crippen molar-refractivity contribution in [3.63, 3.8) is 0 Å². The largest absolute Gasteiger partial charge is 0.350 e. The van der Waals surface area contributed by atoms with E-state index < -0.39 is 17.2 Å². The predicted molar refractivity (Wildman–Crippen MR) is 87.8 cm³/mol. The van der Waals surface area contributed by atoms with Crippen molar-refractivity contribution in [3.8, 4) is 0 Å². The number of rotatable bonds is 4. The molecule has 3 rings (SSSR count). The molecule has 2 N–H and O–H groups in total. The third-order valence-electron chi connectivity index (χ3n) is 4.25. The zero-order chi connectivity index (χ0) is 16.3. The van der Waals surface area contributed by atoms with Crippen LogP contribution in [-0.2, 0) is 16.9 Å². The molecular weight excluding hydrogens is 338 g/mol. The van der Waals surface area contributed by atoms with Crippen LogP contribution in [0.2, 0.25) is 0 Å². The van der Waals surface area contributed by atoms with Gasteiger partial charge >= 0.3 is 0 Å². The summed E-state index contributed by atoms with van der Waals surface area (Å²) in [5.41, 5.74) is -0.519. The lowest BCUT2D eigenvalue weighted by Gasteiger charge is -2.36. The first-order valence-electron chi connectivity index (χ1n) is 7.55. The standard InChI is InChI=1S/C16H18F2N4O.ClH/c17-13-3-2-12(14(18)10-13)11-20-15(23)16(4-7-19-8-5-16)22-9-1-6-21-22;/h1-3,6,9-10,19H,4-5,7-8,11H2,(H,20,23);1H. The first-order chi connectivity index (χ1) is 11.1. The Kier molecular flexibility index (Phi) is 5.90. The van der Waals surface area contributed by atoms with Crippen molar-refractivity contribution in [1.29, 1.82) is 0 Å². The molecule has 0 aliphatic carbocycles. The summed E-state index contributed by atoms with van der Waals surface area (Å²) in [5.74, 6) is -1.50. The second kappa shape index (κ2) is 7.72. The van der Waals surface area contributed by atoms with E-state index in [1.54, 1.807) is 23.1 Å². The second-order valence-electron chi connectivity index (χ2n) is 5.65. The van der Waals surface area contributed by atoms with Crippen LogP contribution in [0.25, 0.3) is 0 Å². The van der Waals surface area contributed by atoms with E-state index in [0.717, 1.165) is 6.07 Å². The highest BCUT2D eigenvalue weighted by atomic mass is 35.5. The normalized spacial score (nSPS) is 16.2. The van der Waals surface area contributed by atoms with Crippen LogP contribution in [0.15, 0.2) is 36.7 Å². The fraction of sp³-hybridized carbons (Fsp3) is 0.375. The summed E-state index contributed by atoms with van der Waals surface area (Å²) in [4.78, 5) is 12.8. The van der Waals surface area contributed by atoms with Gasteiger partial charge in [-0.25, -0.2) is 8.78 Å². The third-order valence-corrected chi connectivity index (χ3v) is 4.25. The van der Waals surface area contributed by atoms with Crippen LogP contribution < -0.4 is 10.6 Å². The molecule has 0 atom stereocenters. The van der Waals surface area contributed by atoms with Gasteiger partial charge in [-0.15, -0.1) is 12.4 Å². The molecule has 8 heteroatoms. The average Bonchev–Trinajstić information content (AvgIpc) is 3.09. The number of aromatic nitrogens is 2. The molecule has 1 amide bonds. The summed E-state index contributed by atoms with van der Waals surface area (Å²) in [6.07, 6.45) is 4.61. The second-order valence-corrected chi connectivity index (χ2v) is 5.65. The van der Waals surface area contributed by atoms with Crippen molar-refractivity contribution in [2.45, 2.75) is 24.9 Å². The summed E-state index contributed by atoms with van der Waals surface area (Å²) >= 11 is 0. The Morgan fingerprint density at radius 3 is 2.71 bits per heavy atom. The van der Waals surface area contributed by atoms with Crippen LogP contribution in [0.4, 0.5) is 8.78 Å². The SMILES string of the molecule is Cl.O=C(NCc1ccc(F)cc1F)C1(n2cccn2)CCNCC1. The minimum atomic E-state index is -0.773. The molecule has 24 heavy (non-hydrogen) atoms. The number of nitrogens with zero attached hydrogens (tertiary/aromatic N) is 2. The van der Waals surface area contributed by atoms with E-state index in [1.165, 1.54) is 12.1 Å². The molecular formula is C16H19ClF2N4O. The number of nitrogens with one attached hydrogen (secondary N) is 2. The van der Waals surface area contributed by atoms with Crippen molar-refractivity contribution >= 4 is 18.3 Å². The average molecular weight is 357 g/mol. The minimum Gasteiger partial charge on any atom is -0.350 e. The van der Waals surface area contributed by atoms with E-state index in [4.69, 9.17) is 0 Å². The first kappa shape index (κ1) is 18.4. The third kappa shape index (κ3) is 3.57. The van der Waals surface area contributed by atoms with Gasteiger partial charge in [-0.3, -0.25) is 9.48 Å². The molecule has 1 aromatic carbocycles. The van der Waals surface area contributed by atoms with E-state index in [1.807, 2.05) is 0 Å². The molecule has 1 aliphatic rings. The molecule has 0 unspecified atom stereocenters. The van der Waals surface area contributed by atoms with E-state index in [-0.39, 0.29) is 30.4 Å². The molecule has 2 aromatic rings. The van der Waals surface area contributed by atoms with Gasteiger partial charge in [0.25, 0.3) is 0 Å². The van der Waals surface area contributed by atoms with Crippen LogP contribution in [0.3, 0.4) is 0 Å². The molecule has 1 aromatic heterocycles. The van der Waals surface area contributed by atoms with Gasteiger partial charge in [-0.2, -0.15) is 5.10 Å². The fourth-order valence-electron chi connectivity index (χ4n) is 2.93. The lowest BCUT2D eigenvalue weighted by Crippen LogP contribution is -2.54. The lowest BCUT2D eigenvalue weighted by molar-refractivity contribution is -0.132. The number of hydrogen-bond donors (Lipinski definition) is 2. The van der Waals surface area contributed by atoms with Crippen LogP contribution in [0, 0.1) is 11.6 Å². The maximum atomic E-state index is 13.7. The number of piperidine rings is 1. The Morgan fingerprint density at radius 2 is 2.08 bits per heavy atom. The zero-order valence-corrected chi connectivity index (χ0v) is 13.8. The summed E-state index contributed by atoms with van der Waals surface area (Å²) < 4.78 is 28.3. The van der Waals surface area contributed by atoms with E-state index in [0.29, 0.717) is 25.9 Å². The van der Waals surface area contributed by atoms with Crippen molar-refractivity contribution in [2.75, 3.05) is 13.1 Å². The van der Waals surface area contributed by atoms with Crippen molar-refractivity contribution < 1.29 is 13.6 Å². The Labute approximate surface area is 144 Å². The van der Waals surface area contributed by atoms with Gasteiger partial charge in [0.2, 0.25) is 5.91 Å². The van der Waals surface area contributed by atoms with E-state index in [9.17, 15) is 13.6 Å². The highest BCUT2D eigenvalue weighted by Crippen LogP contribution is 2.27. The smallest absolute Gasteiger partial charge is 0.248 e. The van der Waals surface area contributed by atoms with Gasteiger partial charge < -0.3 is 10.6 Å². The quantitative estimate of drug-likeness (QED) is 0.880. The number of hydrogen-bond acceptors (Lipinski definition) is 3. The monoisotopic (exact) mass is 356 g/mol. The molecule has 1 fully saturated rings. The summed E-state index contributed by atoms with van der Waals surface area (Å²) in [6.45, 7) is 1.43. The molecule has 1 aliphatic heterocycles. The van der Waals surface area contributed by atoms with Crippen molar-refractivity contribution in [2.24, 2.45) is 0 Å². The van der Waals surface area contributed by atoms with Gasteiger partial charge in [-0.1, -0.05) is 6.07 Å². The molecule has 0 spiro atoms. The lowest BCUT2D eigenvalue weighted by atomic mass is 9.87. The van der Waals surface area contributed by atoms with E-state index in [2.05, 4.69) is 15.7 Å². The van der Waals surface area contributed by atoms with Gasteiger partial charge in [-0.05, 0) is 38.1 Å². The van der Waals surface area contributed by atoms with Crippen molar-refractivity contribution in [3.05, 3.63) is 53.9 Å². The first-order valence-corrected chi connectivity index (χ1v) is 7.55. The maximum absolute atomic E-state index is 13.7. The van der Waals surface area contributed by atoms with Gasteiger partial charge in [0.15, 0.2) is 0 Å². The Morgan fingerprint density at radius 1 is 1.33 bits per heavy atom. The maximum Gasteiger partial charge on any atom is 0.248 e. The van der Waals surface area contributed by atoms with Crippen LogP contribution >= 0.6 is 12.4 Å². The number of amides is 1. The summed E-state index contributed by atoms with van der Waals surface area (Å²) in [5, 5.41) is 10.2. The molecule has 2 heterocycles. The number of benzene rings is 1. The highest BCUT2D eigenvalue weighted by molar-refractivity contribution is 5.85. The predicted octanol–water partition coefficient (Wildman–Crippen LogP) is 1.98. The Balaban J connectivity index is 0.00000208. The highest BCUT2D eigenvalue weighted by Gasteiger charge is 2.41. The minimum absolute atomic E-state index is 0. The molecule has 0 radical (unpaired) electrons. The van der Waals surface area contributed by atoms with Gasteiger partial charge in [0.05, 0.1) is 0 Å². The Bertz CT molecular complexity index is 687. The fourth-order valence-corrected chi connectivity index (χ4v) is 2.93. The molecule has 130 valence electrons. The topological polar surface area (TPSA) is 59.0 Å².